The molecule has 2 rings (SSSR count). The third kappa shape index (κ3) is 4.90. The van der Waals surface area contributed by atoms with Gasteiger partial charge in [-0.3, -0.25) is 4.79 Å². The quantitative estimate of drug-likeness (QED) is 0.784. The summed E-state index contributed by atoms with van der Waals surface area (Å²) in [6, 6.07) is 0.128. The molecule has 120 valence electrons. The van der Waals surface area contributed by atoms with Crippen LogP contribution in [0.3, 0.4) is 0 Å². The summed E-state index contributed by atoms with van der Waals surface area (Å²) in [6.07, 6.45) is 16.9. The fourth-order valence-corrected chi connectivity index (χ4v) is 3.04. The van der Waals surface area contributed by atoms with Crippen molar-refractivity contribution in [2.24, 2.45) is 0 Å². The van der Waals surface area contributed by atoms with Crippen LogP contribution in [0.15, 0.2) is 47.2 Å². The lowest BCUT2D eigenvalue weighted by Gasteiger charge is -2.22. The van der Waals surface area contributed by atoms with E-state index in [1.54, 1.807) is 0 Å². The van der Waals surface area contributed by atoms with Crippen molar-refractivity contribution >= 4 is 5.91 Å². The summed E-state index contributed by atoms with van der Waals surface area (Å²) in [6.45, 7) is 4.66. The summed E-state index contributed by atoms with van der Waals surface area (Å²) < 4.78 is 0. The Morgan fingerprint density at radius 1 is 1.23 bits per heavy atom. The molecule has 1 amide bonds. The largest absolute Gasteiger partial charge is 0.380 e. The average molecular weight is 300 g/mol. The van der Waals surface area contributed by atoms with Crippen LogP contribution in [-0.4, -0.2) is 18.5 Å². The highest BCUT2D eigenvalue weighted by atomic mass is 16.1. The van der Waals surface area contributed by atoms with Gasteiger partial charge < -0.3 is 10.6 Å². The molecular weight excluding hydrogens is 272 g/mol. The summed E-state index contributed by atoms with van der Waals surface area (Å²) >= 11 is 0. The van der Waals surface area contributed by atoms with Crippen molar-refractivity contribution < 1.29 is 4.79 Å². The monoisotopic (exact) mass is 300 g/mol. The number of carbonyl (C=O) groups is 1. The Balaban J connectivity index is 1.86. The Kier molecular flexibility index (Phi) is 6.50. The van der Waals surface area contributed by atoms with E-state index in [-0.39, 0.29) is 11.9 Å². The first-order chi connectivity index (χ1) is 10.7. The predicted octanol–water partition coefficient (Wildman–Crippen LogP) is 3.76. The maximum Gasteiger partial charge on any atom is 0.239 e. The van der Waals surface area contributed by atoms with Gasteiger partial charge in [0.15, 0.2) is 0 Å². The highest BCUT2D eigenvalue weighted by molar-refractivity contribution is 5.79. The molecule has 0 aromatic heterocycles. The van der Waals surface area contributed by atoms with Gasteiger partial charge in [-0.1, -0.05) is 42.9 Å². The van der Waals surface area contributed by atoms with Crippen molar-refractivity contribution in [3.8, 4) is 0 Å². The van der Waals surface area contributed by atoms with Gasteiger partial charge in [0.1, 0.15) is 0 Å². The van der Waals surface area contributed by atoms with Crippen LogP contribution in [0, 0.1) is 0 Å². The number of hydrogen-bond donors (Lipinski definition) is 2. The first kappa shape index (κ1) is 16.6. The van der Waals surface area contributed by atoms with Crippen LogP contribution in [0.5, 0.6) is 0 Å². The lowest BCUT2D eigenvalue weighted by molar-refractivity contribution is -0.120. The number of nitrogens with one attached hydrogen (secondary N) is 2. The fraction of sp³-hybridized carbons (Fsp3) is 0.526. The van der Waals surface area contributed by atoms with E-state index in [1.807, 2.05) is 12.2 Å². The van der Waals surface area contributed by atoms with Crippen LogP contribution in [0.1, 0.15) is 52.4 Å². The molecule has 1 atom stereocenters. The van der Waals surface area contributed by atoms with Crippen molar-refractivity contribution in [2.75, 3.05) is 6.54 Å². The molecule has 0 saturated heterocycles. The van der Waals surface area contributed by atoms with Crippen molar-refractivity contribution in [3.63, 3.8) is 0 Å². The number of amides is 1. The minimum atomic E-state index is 0.0795. The van der Waals surface area contributed by atoms with E-state index in [0.717, 1.165) is 25.7 Å². The fourth-order valence-electron chi connectivity index (χ4n) is 3.04. The van der Waals surface area contributed by atoms with Crippen LogP contribution in [0.25, 0.3) is 0 Å². The lowest BCUT2D eigenvalue weighted by atomic mass is 9.97. The molecule has 22 heavy (non-hydrogen) atoms. The first-order valence-electron chi connectivity index (χ1n) is 8.44. The molecule has 3 heteroatoms. The van der Waals surface area contributed by atoms with Crippen molar-refractivity contribution in [1.82, 2.24) is 10.6 Å². The minimum absolute atomic E-state index is 0.0795. The molecule has 2 N–H and O–H groups in total. The van der Waals surface area contributed by atoms with Gasteiger partial charge in [-0.2, -0.15) is 0 Å². The van der Waals surface area contributed by atoms with Gasteiger partial charge in [-0.05, 0) is 51.0 Å². The van der Waals surface area contributed by atoms with Gasteiger partial charge in [0.05, 0.1) is 12.6 Å². The van der Waals surface area contributed by atoms with E-state index in [2.05, 4.69) is 42.7 Å². The van der Waals surface area contributed by atoms with E-state index in [0.29, 0.717) is 6.54 Å². The van der Waals surface area contributed by atoms with E-state index in [1.165, 1.54) is 29.7 Å². The van der Waals surface area contributed by atoms with E-state index < -0.39 is 0 Å². The normalized spacial score (nSPS) is 19.5. The number of allylic oxidation sites excluding steroid dienone is 7. The van der Waals surface area contributed by atoms with Gasteiger partial charge >= 0.3 is 0 Å². The molecule has 0 aliphatic heterocycles. The smallest absolute Gasteiger partial charge is 0.239 e. The van der Waals surface area contributed by atoms with Crippen molar-refractivity contribution in [2.45, 2.75) is 58.4 Å². The third-order valence-electron chi connectivity index (χ3n) is 4.42. The SMILES string of the molecule is CC[C@@H](NC(=O)CNC1=C(C)CCCC1)C1=CC=CC=CC1. The van der Waals surface area contributed by atoms with Crippen LogP contribution in [-0.2, 0) is 4.79 Å². The second-order valence-electron chi connectivity index (χ2n) is 6.11. The predicted molar refractivity (Wildman–Crippen MR) is 92.4 cm³/mol. The minimum Gasteiger partial charge on any atom is -0.380 e. The molecule has 2 aliphatic rings. The van der Waals surface area contributed by atoms with Gasteiger partial charge in [0, 0.05) is 5.70 Å². The topological polar surface area (TPSA) is 41.1 Å². The van der Waals surface area contributed by atoms with Crippen molar-refractivity contribution in [1.29, 1.82) is 0 Å². The summed E-state index contributed by atoms with van der Waals surface area (Å²) in [7, 11) is 0. The molecule has 0 radical (unpaired) electrons. The molecule has 0 unspecified atom stereocenters. The number of carbonyl (C=O) groups excluding carboxylic acids is 1. The van der Waals surface area contributed by atoms with E-state index in [9.17, 15) is 4.79 Å². The molecule has 3 nitrogen and oxygen atoms in total. The van der Waals surface area contributed by atoms with Crippen LogP contribution in [0.2, 0.25) is 0 Å². The van der Waals surface area contributed by atoms with E-state index in [4.69, 9.17) is 0 Å². The highest BCUT2D eigenvalue weighted by Crippen LogP contribution is 2.22. The van der Waals surface area contributed by atoms with Crippen molar-refractivity contribution in [3.05, 3.63) is 47.2 Å². The molecular formula is C19H28N2O. The summed E-state index contributed by atoms with van der Waals surface area (Å²) in [5.41, 5.74) is 3.95. The Labute approximate surface area is 134 Å². The molecule has 0 bridgehead atoms. The first-order valence-corrected chi connectivity index (χ1v) is 8.44. The highest BCUT2D eigenvalue weighted by Gasteiger charge is 2.15. The zero-order valence-electron chi connectivity index (χ0n) is 13.8. The molecule has 0 aromatic rings. The molecule has 0 spiro atoms. The molecule has 0 saturated carbocycles. The van der Waals surface area contributed by atoms with Gasteiger partial charge in [0.25, 0.3) is 0 Å². The number of rotatable bonds is 6. The summed E-state index contributed by atoms with van der Waals surface area (Å²) in [5.74, 6) is 0.0795. The van der Waals surface area contributed by atoms with Crippen LogP contribution < -0.4 is 10.6 Å². The molecule has 0 fully saturated rings. The molecule has 0 heterocycles. The van der Waals surface area contributed by atoms with Gasteiger partial charge in [0.2, 0.25) is 5.91 Å². The zero-order valence-corrected chi connectivity index (χ0v) is 13.8. The standard InChI is InChI=1S/C19H28N2O/c1-3-17(16-11-6-4-5-7-12-16)21-19(22)14-20-18-13-9-8-10-15(18)2/h4-7,11,17,20H,3,8-10,12-14H2,1-2H3,(H,21,22)/t17-/m1/s1. The Hall–Kier alpha value is -1.77. The Morgan fingerprint density at radius 3 is 2.82 bits per heavy atom. The third-order valence-corrected chi connectivity index (χ3v) is 4.42. The Bertz CT molecular complexity index is 512. The molecule has 0 aromatic carbocycles. The average Bonchev–Trinajstić information content (AvgIpc) is 2.81. The van der Waals surface area contributed by atoms with E-state index >= 15 is 0 Å². The van der Waals surface area contributed by atoms with Gasteiger partial charge in [-0.15, -0.1) is 0 Å². The maximum atomic E-state index is 12.2. The second-order valence-corrected chi connectivity index (χ2v) is 6.11. The van der Waals surface area contributed by atoms with Gasteiger partial charge in [-0.25, -0.2) is 0 Å². The second kappa shape index (κ2) is 8.62. The lowest BCUT2D eigenvalue weighted by Crippen LogP contribution is -2.41. The number of hydrogen-bond acceptors (Lipinski definition) is 2. The maximum absolute atomic E-state index is 12.2. The summed E-state index contributed by atoms with van der Waals surface area (Å²) in [5, 5.41) is 6.49. The summed E-state index contributed by atoms with van der Waals surface area (Å²) in [4.78, 5) is 12.2. The zero-order chi connectivity index (χ0) is 15.8. The molecule has 2 aliphatic carbocycles. The van der Waals surface area contributed by atoms with Crippen LogP contribution >= 0.6 is 0 Å². The Morgan fingerprint density at radius 2 is 2.05 bits per heavy atom. The van der Waals surface area contributed by atoms with Crippen LogP contribution in [0.4, 0.5) is 0 Å².